The number of anilines is 1. The summed E-state index contributed by atoms with van der Waals surface area (Å²) in [5.74, 6) is 1.30. The molecule has 1 aromatic carbocycles. The molecule has 114 valence electrons. The maximum absolute atomic E-state index is 5.89. The van der Waals surface area contributed by atoms with Crippen LogP contribution in [0.2, 0.25) is 0 Å². The number of hydrazine groups is 2. The van der Waals surface area contributed by atoms with Gasteiger partial charge in [-0.15, -0.1) is 10.6 Å². The van der Waals surface area contributed by atoms with Crippen LogP contribution in [0.1, 0.15) is 12.5 Å². The van der Waals surface area contributed by atoms with E-state index >= 15 is 0 Å². The van der Waals surface area contributed by atoms with Crippen LogP contribution in [-0.4, -0.2) is 28.4 Å². The largest absolute Gasteiger partial charge is 0.384 e. The van der Waals surface area contributed by atoms with E-state index in [9.17, 15) is 0 Å². The highest BCUT2D eigenvalue weighted by Gasteiger charge is 2.22. The van der Waals surface area contributed by atoms with E-state index in [-0.39, 0.29) is 6.04 Å². The van der Waals surface area contributed by atoms with Crippen LogP contribution < -0.4 is 22.5 Å². The van der Waals surface area contributed by atoms with Crippen molar-refractivity contribution in [3.05, 3.63) is 48.2 Å². The Bertz CT molecular complexity index is 679. The van der Waals surface area contributed by atoms with Gasteiger partial charge in [0.05, 0.1) is 6.54 Å². The third-order valence-corrected chi connectivity index (χ3v) is 3.34. The first kappa shape index (κ1) is 14.3. The van der Waals surface area contributed by atoms with E-state index in [1.807, 2.05) is 42.3 Å². The molecule has 3 rings (SSSR count). The number of amidine groups is 1. The van der Waals surface area contributed by atoms with Gasteiger partial charge in [0.2, 0.25) is 0 Å². The van der Waals surface area contributed by atoms with Crippen LogP contribution in [0.4, 0.5) is 5.82 Å². The van der Waals surface area contributed by atoms with Crippen molar-refractivity contribution in [3.8, 4) is 11.1 Å². The fourth-order valence-electron chi connectivity index (χ4n) is 2.37. The zero-order chi connectivity index (χ0) is 15.5. The number of pyridine rings is 1. The van der Waals surface area contributed by atoms with E-state index in [0.29, 0.717) is 12.4 Å². The lowest BCUT2D eigenvalue weighted by Gasteiger charge is -2.22. The molecule has 0 saturated carbocycles. The van der Waals surface area contributed by atoms with Gasteiger partial charge in [0.1, 0.15) is 5.82 Å². The monoisotopic (exact) mass is 297 g/mol. The molecular weight excluding hydrogens is 278 g/mol. The fourth-order valence-corrected chi connectivity index (χ4v) is 2.37. The normalized spacial score (nSPS) is 15.4. The molecule has 1 aliphatic rings. The molecule has 0 spiro atoms. The molecule has 0 radical (unpaired) electrons. The summed E-state index contributed by atoms with van der Waals surface area (Å²) in [6.45, 7) is 2.59. The summed E-state index contributed by atoms with van der Waals surface area (Å²) < 4.78 is 0. The van der Waals surface area contributed by atoms with E-state index < -0.39 is 0 Å². The van der Waals surface area contributed by atoms with Crippen LogP contribution in [-0.2, 0) is 0 Å². The Hall–Kier alpha value is -2.64. The van der Waals surface area contributed by atoms with Crippen molar-refractivity contribution in [2.45, 2.75) is 13.0 Å². The van der Waals surface area contributed by atoms with Gasteiger partial charge in [0.25, 0.3) is 0 Å². The molecule has 7 nitrogen and oxygen atoms in total. The Labute approximate surface area is 129 Å². The van der Waals surface area contributed by atoms with E-state index in [2.05, 4.69) is 21.2 Å². The highest BCUT2D eigenvalue weighted by Crippen LogP contribution is 2.25. The first-order valence-corrected chi connectivity index (χ1v) is 7.08. The predicted octanol–water partition coefficient (Wildman–Crippen LogP) is 0.664. The van der Waals surface area contributed by atoms with Gasteiger partial charge in [0.15, 0.2) is 5.84 Å². The molecule has 2 heterocycles. The first-order chi connectivity index (χ1) is 10.6. The number of nitrogen functional groups attached to an aromatic ring is 1. The minimum atomic E-state index is 0.0166. The summed E-state index contributed by atoms with van der Waals surface area (Å²) in [5, 5.41) is 6.22. The molecule has 1 atom stereocenters. The van der Waals surface area contributed by atoms with Crippen LogP contribution in [0.5, 0.6) is 0 Å². The van der Waals surface area contributed by atoms with Crippen LogP contribution in [0, 0.1) is 0 Å². The molecule has 1 aromatic heterocycles. The van der Waals surface area contributed by atoms with E-state index in [4.69, 9.17) is 11.5 Å². The maximum atomic E-state index is 5.89. The van der Waals surface area contributed by atoms with Crippen molar-refractivity contribution in [2.75, 3.05) is 12.3 Å². The topological polar surface area (TPSA) is 105 Å². The molecule has 0 fully saturated rings. The highest BCUT2D eigenvalue weighted by atomic mass is 15.8. The Balaban J connectivity index is 1.99. The van der Waals surface area contributed by atoms with Crippen molar-refractivity contribution in [3.63, 3.8) is 0 Å². The molecule has 1 aliphatic heterocycles. The van der Waals surface area contributed by atoms with Gasteiger partial charge in [0, 0.05) is 23.4 Å². The number of hydrogen-bond acceptors (Lipinski definition) is 7. The minimum absolute atomic E-state index is 0.0166. The summed E-state index contributed by atoms with van der Waals surface area (Å²) in [7, 11) is 0. The molecule has 7 heteroatoms. The van der Waals surface area contributed by atoms with Crippen molar-refractivity contribution in [1.82, 2.24) is 21.1 Å². The van der Waals surface area contributed by atoms with E-state index in [1.54, 1.807) is 12.3 Å². The molecule has 22 heavy (non-hydrogen) atoms. The molecule has 2 aromatic rings. The summed E-state index contributed by atoms with van der Waals surface area (Å²) in [4.78, 5) is 4.16. The number of rotatable bonds is 4. The van der Waals surface area contributed by atoms with Crippen LogP contribution in [0.25, 0.3) is 11.1 Å². The van der Waals surface area contributed by atoms with E-state index in [0.717, 1.165) is 22.5 Å². The Kier molecular flexibility index (Phi) is 3.90. The molecular formula is C15H19N7. The molecule has 1 unspecified atom stereocenters. The zero-order valence-corrected chi connectivity index (χ0v) is 12.3. The Morgan fingerprint density at radius 1 is 1.18 bits per heavy atom. The van der Waals surface area contributed by atoms with Gasteiger partial charge < -0.3 is 11.5 Å². The van der Waals surface area contributed by atoms with Gasteiger partial charge in [-0.3, -0.25) is 5.01 Å². The lowest BCUT2D eigenvalue weighted by molar-refractivity contribution is 0.283. The van der Waals surface area contributed by atoms with Crippen molar-refractivity contribution in [1.29, 1.82) is 0 Å². The fraction of sp³-hybridized carbons (Fsp3) is 0.200. The quantitative estimate of drug-likeness (QED) is 0.661. The number of hydrogen-bond donors (Lipinski definition) is 4. The van der Waals surface area contributed by atoms with E-state index in [1.165, 1.54) is 0 Å². The number of nitrogens with zero attached hydrogens (tertiary/aromatic N) is 3. The lowest BCUT2D eigenvalue weighted by Crippen LogP contribution is -2.46. The van der Waals surface area contributed by atoms with Gasteiger partial charge in [-0.05, 0) is 24.6 Å². The maximum Gasteiger partial charge on any atom is 0.173 e. The van der Waals surface area contributed by atoms with Gasteiger partial charge in [-0.25, -0.2) is 10.5 Å². The number of aromatic nitrogens is 1. The number of benzene rings is 1. The molecule has 0 amide bonds. The second kappa shape index (κ2) is 6.00. The molecule has 0 bridgehead atoms. The third kappa shape index (κ3) is 2.85. The summed E-state index contributed by atoms with van der Waals surface area (Å²) >= 11 is 0. The average molecular weight is 297 g/mol. The van der Waals surface area contributed by atoms with Gasteiger partial charge in [-0.1, -0.05) is 24.3 Å². The highest BCUT2D eigenvalue weighted by molar-refractivity contribution is 6.04. The number of hydrazone groups is 1. The standard InChI is InChI=1S/C15H19N7/c1-10(16)9-22-15(19-20-21-22)13-5-3-2-4-12(13)11-6-7-14(17)18-8-11/h2-8,10,20-21H,9,16H2,1H3,(H2,17,18). The van der Waals surface area contributed by atoms with Crippen LogP contribution >= 0.6 is 0 Å². The van der Waals surface area contributed by atoms with Crippen molar-refractivity contribution in [2.24, 2.45) is 10.8 Å². The third-order valence-electron chi connectivity index (χ3n) is 3.34. The van der Waals surface area contributed by atoms with Crippen molar-refractivity contribution >= 4 is 11.7 Å². The van der Waals surface area contributed by atoms with Crippen molar-refractivity contribution < 1.29 is 0 Å². The SMILES string of the molecule is CC(N)CN1NNN=C1c1ccccc1-c1ccc(N)nc1. The predicted molar refractivity (Wildman–Crippen MR) is 87.2 cm³/mol. The Morgan fingerprint density at radius 3 is 2.64 bits per heavy atom. The second-order valence-electron chi connectivity index (χ2n) is 5.26. The first-order valence-electron chi connectivity index (χ1n) is 7.08. The Morgan fingerprint density at radius 2 is 1.95 bits per heavy atom. The summed E-state index contributed by atoms with van der Waals surface area (Å²) in [6.07, 6.45) is 1.76. The van der Waals surface area contributed by atoms with Gasteiger partial charge >= 0.3 is 0 Å². The zero-order valence-electron chi connectivity index (χ0n) is 12.3. The van der Waals surface area contributed by atoms with Gasteiger partial charge in [-0.2, -0.15) is 0 Å². The number of nitrogens with one attached hydrogen (secondary N) is 2. The average Bonchev–Trinajstić information content (AvgIpc) is 2.95. The molecule has 0 aliphatic carbocycles. The minimum Gasteiger partial charge on any atom is -0.384 e. The smallest absolute Gasteiger partial charge is 0.173 e. The summed E-state index contributed by atoms with van der Waals surface area (Å²) in [6, 6.07) is 11.8. The summed E-state index contributed by atoms with van der Waals surface area (Å²) in [5.41, 5.74) is 20.3. The lowest BCUT2D eigenvalue weighted by atomic mass is 10.00. The second-order valence-corrected chi connectivity index (χ2v) is 5.26. The van der Waals surface area contributed by atoms with Crippen LogP contribution in [0.3, 0.4) is 0 Å². The molecule has 6 N–H and O–H groups in total. The number of nitrogens with two attached hydrogens (primary N) is 2. The van der Waals surface area contributed by atoms with Crippen LogP contribution in [0.15, 0.2) is 47.7 Å². The molecule has 0 saturated heterocycles.